The number of nitrogens with zero attached hydrogens (tertiary/aromatic N) is 3. The molecule has 3 heterocycles. The average Bonchev–Trinajstić information content (AvgIpc) is 3.49. The Morgan fingerprint density at radius 3 is 2.51 bits per heavy atom. The first-order valence-electron chi connectivity index (χ1n) is 14.5. The number of carbonyl (C=O) groups excluding carboxylic acids is 2. The Balaban J connectivity index is 1.60. The number of fused-ring (bicyclic) bond motifs is 2. The van der Waals surface area contributed by atoms with Crippen LogP contribution in [0.4, 0.5) is 5.69 Å². The molecule has 1 aromatic heterocycles. The van der Waals surface area contributed by atoms with E-state index in [0.717, 1.165) is 23.3 Å². The third-order valence-corrected chi connectivity index (χ3v) is 9.69. The quantitative estimate of drug-likeness (QED) is 0.212. The average molecular weight is 707 g/mol. The zero-order valence-electron chi connectivity index (χ0n) is 24.8. The second-order valence-electron chi connectivity index (χ2n) is 10.5. The smallest absolute Gasteiger partial charge is 0.338 e. The summed E-state index contributed by atoms with van der Waals surface area (Å²) in [5.41, 5.74) is 3.75. The van der Waals surface area contributed by atoms with Gasteiger partial charge in [-0.1, -0.05) is 72.7 Å². The topological polar surface area (TPSA) is 90.2 Å². The molecule has 0 aliphatic carbocycles. The maximum Gasteiger partial charge on any atom is 0.338 e. The van der Waals surface area contributed by atoms with E-state index in [9.17, 15) is 14.4 Å². The van der Waals surface area contributed by atoms with Crippen LogP contribution < -0.4 is 24.5 Å². The van der Waals surface area contributed by atoms with Gasteiger partial charge in [0.25, 0.3) is 11.5 Å². The molecule has 230 valence electrons. The van der Waals surface area contributed by atoms with E-state index < -0.39 is 17.6 Å². The van der Waals surface area contributed by atoms with Gasteiger partial charge in [-0.2, -0.15) is 0 Å². The van der Waals surface area contributed by atoms with Crippen molar-refractivity contribution >= 4 is 62.0 Å². The number of benzene rings is 3. The van der Waals surface area contributed by atoms with E-state index in [4.69, 9.17) is 26.1 Å². The number of aromatic nitrogens is 1. The number of amides is 1. The number of halogens is 2. The van der Waals surface area contributed by atoms with Crippen LogP contribution in [0.3, 0.4) is 0 Å². The molecule has 0 spiro atoms. The minimum absolute atomic E-state index is 0.171. The molecular formula is C34H29BrClN3O5S. The van der Waals surface area contributed by atoms with Crippen molar-refractivity contribution in [3.05, 3.63) is 124 Å². The van der Waals surface area contributed by atoms with Gasteiger partial charge in [0, 0.05) is 10.6 Å². The monoisotopic (exact) mass is 705 g/mol. The lowest BCUT2D eigenvalue weighted by molar-refractivity contribution is -0.139. The van der Waals surface area contributed by atoms with Gasteiger partial charge in [-0.05, 0) is 70.7 Å². The van der Waals surface area contributed by atoms with Gasteiger partial charge >= 0.3 is 5.97 Å². The number of thiazole rings is 1. The van der Waals surface area contributed by atoms with E-state index in [2.05, 4.69) is 15.9 Å². The van der Waals surface area contributed by atoms with E-state index in [0.29, 0.717) is 66.7 Å². The van der Waals surface area contributed by atoms with Crippen LogP contribution >= 0.6 is 38.9 Å². The summed E-state index contributed by atoms with van der Waals surface area (Å²) >= 11 is 10.8. The normalized spacial score (nSPS) is 16.8. The predicted octanol–water partition coefficient (Wildman–Crippen LogP) is 5.92. The molecule has 45 heavy (non-hydrogen) atoms. The van der Waals surface area contributed by atoms with Crippen LogP contribution in [0.5, 0.6) is 5.75 Å². The van der Waals surface area contributed by atoms with Gasteiger partial charge in [0.15, 0.2) is 4.80 Å². The molecule has 6 rings (SSSR count). The molecule has 11 heteroatoms. The highest BCUT2D eigenvalue weighted by molar-refractivity contribution is 9.10. The number of ether oxygens (including phenoxy) is 2. The van der Waals surface area contributed by atoms with Crippen LogP contribution in [0.1, 0.15) is 49.4 Å². The second kappa shape index (κ2) is 12.8. The lowest BCUT2D eigenvalue weighted by Gasteiger charge is -2.26. The number of esters is 1. The van der Waals surface area contributed by atoms with Crippen molar-refractivity contribution in [3.63, 3.8) is 0 Å². The molecule has 2 aliphatic heterocycles. The first-order chi connectivity index (χ1) is 21.8. The Morgan fingerprint density at radius 1 is 1.07 bits per heavy atom. The van der Waals surface area contributed by atoms with Gasteiger partial charge in [-0.15, -0.1) is 0 Å². The molecule has 1 amide bonds. The minimum Gasteiger partial charge on any atom is -0.496 e. The van der Waals surface area contributed by atoms with Gasteiger partial charge < -0.3 is 14.4 Å². The predicted molar refractivity (Wildman–Crippen MR) is 178 cm³/mol. The maximum atomic E-state index is 14.5. The van der Waals surface area contributed by atoms with Crippen molar-refractivity contribution in [3.8, 4) is 5.75 Å². The van der Waals surface area contributed by atoms with Gasteiger partial charge in [-0.25, -0.2) is 9.79 Å². The Morgan fingerprint density at radius 2 is 1.82 bits per heavy atom. The van der Waals surface area contributed by atoms with Crippen molar-refractivity contribution in [1.29, 1.82) is 0 Å². The summed E-state index contributed by atoms with van der Waals surface area (Å²) in [5, 5.41) is 0.608. The molecule has 3 aromatic carbocycles. The van der Waals surface area contributed by atoms with E-state index >= 15 is 0 Å². The third kappa shape index (κ3) is 5.55. The molecule has 0 unspecified atom stereocenters. The highest BCUT2D eigenvalue weighted by Gasteiger charge is 2.38. The van der Waals surface area contributed by atoms with Crippen LogP contribution in [-0.4, -0.2) is 30.2 Å². The molecule has 0 bridgehead atoms. The maximum absolute atomic E-state index is 14.5. The molecular weight excluding hydrogens is 678 g/mol. The first kappa shape index (κ1) is 31.0. The molecule has 1 atom stereocenters. The molecule has 2 aliphatic rings. The molecule has 0 fully saturated rings. The van der Waals surface area contributed by atoms with E-state index in [1.54, 1.807) is 37.1 Å². The van der Waals surface area contributed by atoms with Crippen molar-refractivity contribution < 1.29 is 19.1 Å². The lowest BCUT2D eigenvalue weighted by atomic mass is 9.94. The molecule has 0 saturated carbocycles. The molecule has 0 radical (unpaired) electrons. The Labute approximate surface area is 277 Å². The Hall–Kier alpha value is -3.99. The number of hydrogen-bond donors (Lipinski definition) is 0. The summed E-state index contributed by atoms with van der Waals surface area (Å²) < 4.78 is 13.4. The Bertz CT molecular complexity index is 2050. The van der Waals surface area contributed by atoms with Gasteiger partial charge in [0.05, 0.1) is 53.3 Å². The summed E-state index contributed by atoms with van der Waals surface area (Å²) in [4.78, 5) is 49.2. The number of hydrogen-bond acceptors (Lipinski definition) is 7. The molecule has 0 N–H and O–H groups in total. The third-order valence-electron chi connectivity index (χ3n) is 7.76. The van der Waals surface area contributed by atoms with Gasteiger partial charge in [-0.3, -0.25) is 14.2 Å². The SMILES string of the molecule is CCCC1=C(C(=O)OCC)[C@H](c2ccc(OC)c(Br)c2)n2c(s/c(=C3/C(=O)N(Cc4ccc(Cl)cc4)c4ccccc43)c2=O)=N1. The fourth-order valence-electron chi connectivity index (χ4n) is 5.77. The van der Waals surface area contributed by atoms with Crippen molar-refractivity contribution in [2.75, 3.05) is 18.6 Å². The second-order valence-corrected chi connectivity index (χ2v) is 12.8. The van der Waals surface area contributed by atoms with Crippen LogP contribution in [0.25, 0.3) is 5.57 Å². The van der Waals surface area contributed by atoms with E-state index in [1.807, 2.05) is 55.5 Å². The van der Waals surface area contributed by atoms with Crippen molar-refractivity contribution in [2.24, 2.45) is 4.99 Å². The lowest BCUT2D eigenvalue weighted by Crippen LogP contribution is -2.41. The largest absolute Gasteiger partial charge is 0.496 e. The summed E-state index contributed by atoms with van der Waals surface area (Å²) in [7, 11) is 1.57. The number of para-hydroxylation sites is 1. The number of anilines is 1. The van der Waals surface area contributed by atoms with Crippen LogP contribution in [-0.2, 0) is 20.9 Å². The zero-order chi connectivity index (χ0) is 31.8. The zero-order valence-corrected chi connectivity index (χ0v) is 28.0. The number of allylic oxidation sites excluding steroid dienone is 1. The first-order valence-corrected chi connectivity index (χ1v) is 16.5. The highest BCUT2D eigenvalue weighted by atomic mass is 79.9. The molecule has 8 nitrogen and oxygen atoms in total. The summed E-state index contributed by atoms with van der Waals surface area (Å²) in [6.07, 6.45) is 1.24. The Kier molecular flexibility index (Phi) is 8.81. The standard InChI is InChI=1S/C34H29BrClN3O5S/c1-4-8-24-28(33(42)44-5-2)29(20-13-16-26(43-3)23(35)17-20)39-32(41)30(45-34(39)37-24)27-22-9-6-7-10-25(22)38(31(27)40)18-19-11-14-21(36)15-12-19/h6-7,9-17,29H,4-5,8,18H2,1-3H3/b30-27+/t29-/m0/s1. The summed E-state index contributed by atoms with van der Waals surface area (Å²) in [5.74, 6) is -0.202. The highest BCUT2D eigenvalue weighted by Crippen LogP contribution is 2.38. The molecule has 4 aromatic rings. The summed E-state index contributed by atoms with van der Waals surface area (Å²) in [6.45, 7) is 4.23. The van der Waals surface area contributed by atoms with Crippen molar-refractivity contribution in [2.45, 2.75) is 39.3 Å². The number of carbonyl (C=O) groups is 2. The van der Waals surface area contributed by atoms with Crippen molar-refractivity contribution in [1.82, 2.24) is 4.57 Å². The number of methoxy groups -OCH3 is 1. The summed E-state index contributed by atoms with van der Waals surface area (Å²) in [6, 6.07) is 19.4. The fraction of sp³-hybridized carbons (Fsp3) is 0.235. The van der Waals surface area contributed by atoms with Crippen LogP contribution in [0, 0.1) is 0 Å². The van der Waals surface area contributed by atoms with Gasteiger partial charge in [0.2, 0.25) is 0 Å². The van der Waals surface area contributed by atoms with E-state index in [1.165, 1.54) is 4.57 Å². The molecule has 0 saturated heterocycles. The van der Waals surface area contributed by atoms with Gasteiger partial charge in [0.1, 0.15) is 10.3 Å². The minimum atomic E-state index is -0.824. The van der Waals surface area contributed by atoms with E-state index in [-0.39, 0.29) is 17.0 Å². The van der Waals surface area contributed by atoms with Crippen LogP contribution in [0.2, 0.25) is 5.02 Å². The van der Waals surface area contributed by atoms with Crippen LogP contribution in [0.15, 0.2) is 92.3 Å². The number of rotatable bonds is 8. The fourth-order valence-corrected chi connectivity index (χ4v) is 7.56.